The molecule has 9 nitrogen and oxygen atoms in total. The Morgan fingerprint density at radius 3 is 2.61 bits per heavy atom. The highest BCUT2D eigenvalue weighted by molar-refractivity contribution is 5.73. The molecule has 4 aliphatic rings. The molecule has 1 aliphatic heterocycles. The van der Waals surface area contributed by atoms with Crippen LogP contribution in [-0.4, -0.2) is 79.5 Å². The van der Waals surface area contributed by atoms with Crippen molar-refractivity contribution in [3.63, 3.8) is 0 Å². The molecule has 3 aliphatic carbocycles. The van der Waals surface area contributed by atoms with E-state index >= 15 is 0 Å². The first-order chi connectivity index (χ1) is 15.6. The number of phenolic OH excluding ortho intramolecular Hbond substituents is 1. The standard InChI is InChI=1S/C24H32O9/c1-24-7-6-13-12-5-3-11(25)8-10(12)2-4-14(13)15(24)9-16(21(24)29)32-23-19(28)17(26)18(27)20(33-23)22(30)31/h3,5,8,13-21,23,25-29H,2,4,6-7,9H2,1H3,(H,30,31)/t13-,14-,15-,16+,17-,18+,19-,20+,21-,23+,24-/m0/s1. The summed E-state index contributed by atoms with van der Waals surface area (Å²) in [6.07, 6.45) is -5.89. The second-order valence-corrected chi connectivity index (χ2v) is 10.4. The van der Waals surface area contributed by atoms with Crippen LogP contribution in [0.15, 0.2) is 18.2 Å². The summed E-state index contributed by atoms with van der Waals surface area (Å²) in [7, 11) is 0. The van der Waals surface area contributed by atoms with Crippen LogP contribution in [0.5, 0.6) is 5.75 Å². The molecule has 11 atom stereocenters. The van der Waals surface area contributed by atoms with E-state index in [0.717, 1.165) is 25.7 Å². The maximum Gasteiger partial charge on any atom is 0.335 e. The van der Waals surface area contributed by atoms with E-state index < -0.39 is 54.3 Å². The maximum absolute atomic E-state index is 11.4. The number of hydrogen-bond donors (Lipinski definition) is 6. The normalized spacial score (nSPS) is 46.8. The lowest BCUT2D eigenvalue weighted by molar-refractivity contribution is -0.309. The molecule has 0 aromatic heterocycles. The van der Waals surface area contributed by atoms with Gasteiger partial charge in [-0.05, 0) is 78.5 Å². The lowest BCUT2D eigenvalue weighted by atomic mass is 9.55. The van der Waals surface area contributed by atoms with Crippen LogP contribution in [0.4, 0.5) is 0 Å². The van der Waals surface area contributed by atoms with E-state index in [-0.39, 0.29) is 11.7 Å². The van der Waals surface area contributed by atoms with Crippen LogP contribution in [0.3, 0.4) is 0 Å². The SMILES string of the molecule is C[C@]12CC[C@H]3c4ccc(O)cc4CC[C@@H]3[C@@H]1C[C@@H](O[C@@H]1O[C@@H](C(=O)O)[C@H](O)[C@H](O)[C@@H]1O)[C@@H]2O. The number of ether oxygens (including phenoxy) is 2. The lowest BCUT2D eigenvalue weighted by Gasteiger charge is -2.49. The molecule has 3 fully saturated rings. The van der Waals surface area contributed by atoms with Crippen LogP contribution in [0.2, 0.25) is 0 Å². The summed E-state index contributed by atoms with van der Waals surface area (Å²) in [5, 5.41) is 60.7. The number of aliphatic hydroxyl groups is 4. The van der Waals surface area contributed by atoms with Crippen molar-refractivity contribution in [2.75, 3.05) is 0 Å². The Morgan fingerprint density at radius 1 is 1.12 bits per heavy atom. The number of carboxylic acid groups (broad SMARTS) is 1. The second kappa shape index (κ2) is 8.18. The summed E-state index contributed by atoms with van der Waals surface area (Å²) in [6, 6.07) is 5.58. The lowest BCUT2D eigenvalue weighted by Crippen LogP contribution is -2.61. The number of fused-ring (bicyclic) bond motifs is 5. The van der Waals surface area contributed by atoms with Gasteiger partial charge in [-0.15, -0.1) is 0 Å². The predicted octanol–water partition coefficient (Wildman–Crippen LogP) is 0.496. The fraction of sp³-hybridized carbons (Fsp3) is 0.708. The van der Waals surface area contributed by atoms with Gasteiger partial charge in [-0.3, -0.25) is 0 Å². The van der Waals surface area contributed by atoms with Gasteiger partial charge >= 0.3 is 5.97 Å². The van der Waals surface area contributed by atoms with Crippen LogP contribution in [-0.2, 0) is 20.7 Å². The van der Waals surface area contributed by atoms with Crippen molar-refractivity contribution in [1.82, 2.24) is 0 Å². The minimum Gasteiger partial charge on any atom is -0.508 e. The summed E-state index contributed by atoms with van der Waals surface area (Å²) >= 11 is 0. The zero-order chi connectivity index (χ0) is 23.7. The van der Waals surface area contributed by atoms with Crippen molar-refractivity contribution in [3.05, 3.63) is 29.3 Å². The van der Waals surface area contributed by atoms with Gasteiger partial charge in [-0.1, -0.05) is 13.0 Å². The molecule has 2 saturated carbocycles. The fourth-order valence-corrected chi connectivity index (χ4v) is 7.00. The average Bonchev–Trinajstić information content (AvgIpc) is 3.03. The fourth-order valence-electron chi connectivity index (χ4n) is 7.00. The Bertz CT molecular complexity index is 921. The van der Waals surface area contributed by atoms with Gasteiger partial charge < -0.3 is 40.1 Å². The van der Waals surface area contributed by atoms with Gasteiger partial charge in [0.25, 0.3) is 0 Å². The first-order valence-corrected chi connectivity index (χ1v) is 11.7. The Kier molecular flexibility index (Phi) is 5.70. The Hall–Kier alpha value is -1.75. The van der Waals surface area contributed by atoms with Crippen LogP contribution in [0.25, 0.3) is 0 Å². The summed E-state index contributed by atoms with van der Waals surface area (Å²) < 4.78 is 11.2. The first kappa shape index (κ1) is 23.0. The number of aliphatic carboxylic acids is 1. The third kappa shape index (κ3) is 3.57. The van der Waals surface area contributed by atoms with Gasteiger partial charge in [-0.25, -0.2) is 4.79 Å². The summed E-state index contributed by atoms with van der Waals surface area (Å²) in [6.45, 7) is 2.06. The van der Waals surface area contributed by atoms with Crippen molar-refractivity contribution in [1.29, 1.82) is 0 Å². The molecule has 1 heterocycles. The molecule has 1 saturated heterocycles. The predicted molar refractivity (Wildman–Crippen MR) is 113 cm³/mol. The molecule has 182 valence electrons. The van der Waals surface area contributed by atoms with E-state index in [0.29, 0.717) is 18.3 Å². The molecule has 0 amide bonds. The number of phenols is 1. The van der Waals surface area contributed by atoms with Crippen molar-refractivity contribution < 1.29 is 44.9 Å². The van der Waals surface area contributed by atoms with Crippen molar-refractivity contribution >= 4 is 5.97 Å². The smallest absolute Gasteiger partial charge is 0.335 e. The van der Waals surface area contributed by atoms with Gasteiger partial charge in [0.05, 0.1) is 12.2 Å². The first-order valence-electron chi connectivity index (χ1n) is 11.7. The third-order valence-corrected chi connectivity index (χ3v) is 8.78. The molecule has 0 radical (unpaired) electrons. The number of aliphatic hydroxyl groups excluding tert-OH is 4. The van der Waals surface area contributed by atoms with E-state index in [9.17, 15) is 35.4 Å². The van der Waals surface area contributed by atoms with Crippen molar-refractivity contribution in [3.8, 4) is 5.75 Å². The van der Waals surface area contributed by atoms with E-state index in [1.807, 2.05) is 12.1 Å². The zero-order valence-electron chi connectivity index (χ0n) is 18.4. The number of benzene rings is 1. The number of rotatable bonds is 3. The van der Waals surface area contributed by atoms with Crippen LogP contribution < -0.4 is 0 Å². The molecule has 33 heavy (non-hydrogen) atoms. The minimum absolute atomic E-state index is 0.157. The highest BCUT2D eigenvalue weighted by atomic mass is 16.7. The number of hydrogen-bond acceptors (Lipinski definition) is 8. The quantitative estimate of drug-likeness (QED) is 0.375. The monoisotopic (exact) mass is 464 g/mol. The highest BCUT2D eigenvalue weighted by Gasteiger charge is 2.59. The van der Waals surface area contributed by atoms with Crippen molar-refractivity contribution in [2.45, 2.75) is 87.9 Å². The summed E-state index contributed by atoms with van der Waals surface area (Å²) in [5.74, 6) is -0.367. The Labute approximate surface area is 191 Å². The van der Waals surface area contributed by atoms with Crippen molar-refractivity contribution in [2.24, 2.45) is 17.3 Å². The van der Waals surface area contributed by atoms with Crippen LogP contribution >= 0.6 is 0 Å². The number of aromatic hydroxyl groups is 1. The summed E-state index contributed by atoms with van der Waals surface area (Å²) in [4.78, 5) is 11.4. The molecule has 5 rings (SSSR count). The Morgan fingerprint density at radius 2 is 1.88 bits per heavy atom. The van der Waals surface area contributed by atoms with Gasteiger partial charge in [-0.2, -0.15) is 0 Å². The largest absolute Gasteiger partial charge is 0.508 e. The zero-order valence-corrected chi connectivity index (χ0v) is 18.4. The number of aryl methyl sites for hydroxylation is 1. The number of carbonyl (C=O) groups is 1. The minimum atomic E-state index is -1.78. The Balaban J connectivity index is 1.36. The van der Waals surface area contributed by atoms with E-state index in [4.69, 9.17) is 9.47 Å². The molecule has 1 aromatic carbocycles. The molecule has 0 bridgehead atoms. The molecule has 6 N–H and O–H groups in total. The maximum atomic E-state index is 11.4. The molecular weight excluding hydrogens is 432 g/mol. The molecule has 1 aromatic rings. The molecular formula is C24H32O9. The van der Waals surface area contributed by atoms with Gasteiger partial charge in [0.15, 0.2) is 12.4 Å². The van der Waals surface area contributed by atoms with E-state index in [2.05, 4.69) is 6.92 Å². The van der Waals surface area contributed by atoms with Gasteiger partial charge in [0.1, 0.15) is 24.1 Å². The highest BCUT2D eigenvalue weighted by Crippen LogP contribution is 2.61. The number of carboxylic acids is 1. The second-order valence-electron chi connectivity index (χ2n) is 10.4. The molecule has 9 heteroatoms. The van der Waals surface area contributed by atoms with E-state index in [1.165, 1.54) is 11.1 Å². The van der Waals surface area contributed by atoms with Crippen LogP contribution in [0.1, 0.15) is 49.7 Å². The summed E-state index contributed by atoms with van der Waals surface area (Å²) in [5.41, 5.74) is 2.04. The van der Waals surface area contributed by atoms with Gasteiger partial charge in [0.2, 0.25) is 0 Å². The van der Waals surface area contributed by atoms with E-state index in [1.54, 1.807) is 6.07 Å². The molecule has 0 spiro atoms. The topological polar surface area (TPSA) is 157 Å². The molecule has 0 unspecified atom stereocenters. The van der Waals surface area contributed by atoms with Gasteiger partial charge in [0, 0.05) is 0 Å². The van der Waals surface area contributed by atoms with Crippen LogP contribution in [0, 0.1) is 17.3 Å². The average molecular weight is 465 g/mol. The third-order valence-electron chi connectivity index (χ3n) is 8.78.